The molecule has 0 aliphatic rings. The molecule has 1 atom stereocenters. The Morgan fingerprint density at radius 3 is 1.95 bits per heavy atom. The van der Waals surface area contributed by atoms with Gasteiger partial charge in [-0.3, -0.25) is 14.2 Å². The van der Waals surface area contributed by atoms with E-state index in [2.05, 4.69) is 0 Å². The van der Waals surface area contributed by atoms with Crippen molar-refractivity contribution in [1.29, 1.82) is 0 Å². The van der Waals surface area contributed by atoms with Crippen LogP contribution in [0.1, 0.15) is 41.0 Å². The molecule has 1 N–H and O–H groups in total. The summed E-state index contributed by atoms with van der Waals surface area (Å²) in [7, 11) is -3.53. The first-order valence-electron chi connectivity index (χ1n) is 6.85. The Hall–Kier alpha value is -0.910. The number of rotatable bonds is 9. The van der Waals surface area contributed by atoms with Gasteiger partial charge in [0.1, 0.15) is 5.60 Å². The molecule has 0 aliphatic carbocycles. The second-order valence-electron chi connectivity index (χ2n) is 5.45. The molecular formula is C13H25O7P. The molecule has 7 nitrogen and oxygen atoms in total. The molecule has 0 amide bonds. The number of esters is 1. The van der Waals surface area contributed by atoms with Crippen LogP contribution in [0, 0.1) is 5.92 Å². The van der Waals surface area contributed by atoms with Gasteiger partial charge in [-0.2, -0.15) is 0 Å². The molecule has 21 heavy (non-hydrogen) atoms. The quantitative estimate of drug-likeness (QED) is 0.514. The first-order chi connectivity index (χ1) is 9.53. The number of hydrogen-bond donors (Lipinski definition) is 1. The van der Waals surface area contributed by atoms with Crippen LogP contribution < -0.4 is 0 Å². The lowest BCUT2D eigenvalue weighted by Crippen LogP contribution is -2.29. The zero-order valence-electron chi connectivity index (χ0n) is 13.2. The molecule has 0 aromatic heterocycles. The van der Waals surface area contributed by atoms with E-state index in [0.29, 0.717) is 0 Å². The summed E-state index contributed by atoms with van der Waals surface area (Å²) in [6.07, 6.45) is -0.736. The van der Waals surface area contributed by atoms with E-state index in [1.807, 2.05) is 0 Å². The topological polar surface area (TPSA) is 99.1 Å². The normalized spacial score (nSPS) is 13.8. The van der Waals surface area contributed by atoms with Gasteiger partial charge in [-0.25, -0.2) is 0 Å². The minimum Gasteiger partial charge on any atom is -0.481 e. The summed E-state index contributed by atoms with van der Waals surface area (Å²) in [4.78, 5) is 23.0. The summed E-state index contributed by atoms with van der Waals surface area (Å²) in [5.74, 6) is -3.07. The van der Waals surface area contributed by atoms with Gasteiger partial charge in [-0.1, -0.05) is 0 Å². The lowest BCUT2D eigenvalue weighted by molar-refractivity contribution is -0.159. The summed E-state index contributed by atoms with van der Waals surface area (Å²) in [5, 5.41) is 9.18. The van der Waals surface area contributed by atoms with Gasteiger partial charge in [0, 0.05) is 0 Å². The molecule has 0 aromatic carbocycles. The summed E-state index contributed by atoms with van der Waals surface area (Å²) >= 11 is 0. The highest BCUT2D eigenvalue weighted by molar-refractivity contribution is 7.53. The van der Waals surface area contributed by atoms with Crippen molar-refractivity contribution in [1.82, 2.24) is 0 Å². The second-order valence-corrected chi connectivity index (χ2v) is 7.56. The van der Waals surface area contributed by atoms with Crippen LogP contribution in [0.5, 0.6) is 0 Å². The van der Waals surface area contributed by atoms with Crippen molar-refractivity contribution >= 4 is 19.5 Å². The van der Waals surface area contributed by atoms with Crippen molar-refractivity contribution in [3.8, 4) is 0 Å². The van der Waals surface area contributed by atoms with E-state index in [1.165, 1.54) is 0 Å². The van der Waals surface area contributed by atoms with E-state index in [-0.39, 0.29) is 25.8 Å². The summed E-state index contributed by atoms with van der Waals surface area (Å²) in [6, 6.07) is 0. The lowest BCUT2D eigenvalue weighted by Gasteiger charge is -2.23. The summed E-state index contributed by atoms with van der Waals surface area (Å²) in [6.45, 7) is 8.60. The van der Waals surface area contributed by atoms with Gasteiger partial charge in [-0.15, -0.1) is 0 Å². The molecule has 0 rings (SSSR count). The molecular weight excluding hydrogens is 299 g/mol. The molecule has 0 heterocycles. The maximum Gasteiger partial charge on any atom is 0.331 e. The third-order valence-electron chi connectivity index (χ3n) is 2.28. The maximum atomic E-state index is 12.3. The number of carboxylic acids is 1. The van der Waals surface area contributed by atoms with Crippen molar-refractivity contribution in [2.24, 2.45) is 5.92 Å². The van der Waals surface area contributed by atoms with Crippen molar-refractivity contribution in [2.75, 3.05) is 19.4 Å². The fraction of sp³-hybridized carbons (Fsp3) is 0.846. The zero-order valence-corrected chi connectivity index (χ0v) is 14.1. The average molecular weight is 324 g/mol. The largest absolute Gasteiger partial charge is 0.481 e. The molecule has 0 radical (unpaired) electrons. The van der Waals surface area contributed by atoms with Crippen LogP contribution >= 0.6 is 7.60 Å². The molecule has 0 spiro atoms. The molecule has 0 bridgehead atoms. The number of ether oxygens (including phenoxy) is 1. The van der Waals surface area contributed by atoms with Crippen LogP contribution in [0.4, 0.5) is 0 Å². The van der Waals surface area contributed by atoms with Crippen LogP contribution in [0.25, 0.3) is 0 Å². The van der Waals surface area contributed by atoms with Crippen LogP contribution in [0.3, 0.4) is 0 Å². The minimum absolute atomic E-state index is 0.135. The number of aliphatic carboxylic acids is 1. The van der Waals surface area contributed by atoms with E-state index in [9.17, 15) is 19.3 Å². The van der Waals surface area contributed by atoms with Crippen molar-refractivity contribution in [3.63, 3.8) is 0 Å². The number of carboxylic acid groups (broad SMARTS) is 1. The Bertz CT molecular complexity index is 390. The Morgan fingerprint density at radius 2 is 1.62 bits per heavy atom. The molecule has 0 saturated heterocycles. The van der Waals surface area contributed by atoms with Gasteiger partial charge in [-0.05, 0) is 34.6 Å². The third kappa shape index (κ3) is 8.86. The predicted molar refractivity (Wildman–Crippen MR) is 77.3 cm³/mol. The van der Waals surface area contributed by atoms with Crippen LogP contribution in [-0.2, 0) is 27.9 Å². The molecule has 1 unspecified atom stereocenters. The highest BCUT2D eigenvalue weighted by atomic mass is 31.2. The molecule has 0 aromatic rings. The first kappa shape index (κ1) is 20.1. The summed E-state index contributed by atoms with van der Waals surface area (Å²) < 4.78 is 27.5. The van der Waals surface area contributed by atoms with Crippen LogP contribution in [0.2, 0.25) is 0 Å². The van der Waals surface area contributed by atoms with Gasteiger partial charge in [0.25, 0.3) is 0 Å². The maximum absolute atomic E-state index is 12.3. The Balaban J connectivity index is 4.87. The number of carbonyl (C=O) groups excluding carboxylic acids is 1. The van der Waals surface area contributed by atoms with Crippen molar-refractivity contribution < 1.29 is 33.0 Å². The molecule has 8 heteroatoms. The van der Waals surface area contributed by atoms with E-state index in [4.69, 9.17) is 13.8 Å². The minimum atomic E-state index is -3.53. The summed E-state index contributed by atoms with van der Waals surface area (Å²) in [5.41, 5.74) is -0.705. The molecule has 124 valence electrons. The lowest BCUT2D eigenvalue weighted by atomic mass is 10.1. The van der Waals surface area contributed by atoms with E-state index in [1.54, 1.807) is 34.6 Å². The van der Waals surface area contributed by atoms with Gasteiger partial charge < -0.3 is 18.9 Å². The van der Waals surface area contributed by atoms with E-state index < -0.39 is 31.1 Å². The average Bonchev–Trinajstić information content (AvgIpc) is 2.25. The van der Waals surface area contributed by atoms with Gasteiger partial charge in [0.05, 0.1) is 31.7 Å². The van der Waals surface area contributed by atoms with Gasteiger partial charge in [0.2, 0.25) is 0 Å². The fourth-order valence-electron chi connectivity index (χ4n) is 1.62. The first-order valence-corrected chi connectivity index (χ1v) is 8.58. The second kappa shape index (κ2) is 8.51. The smallest absolute Gasteiger partial charge is 0.331 e. The Labute approximate surface area is 125 Å². The third-order valence-corrected chi connectivity index (χ3v) is 4.47. The molecule has 0 saturated carbocycles. The Kier molecular flexibility index (Phi) is 8.14. The zero-order chi connectivity index (χ0) is 16.7. The molecule has 0 aliphatic heterocycles. The van der Waals surface area contributed by atoms with E-state index in [0.717, 1.165) is 0 Å². The number of carbonyl (C=O) groups is 2. The van der Waals surface area contributed by atoms with Crippen LogP contribution in [-0.4, -0.2) is 42.0 Å². The van der Waals surface area contributed by atoms with Gasteiger partial charge in [0.15, 0.2) is 0 Å². The van der Waals surface area contributed by atoms with Crippen molar-refractivity contribution in [2.45, 2.75) is 46.6 Å². The van der Waals surface area contributed by atoms with Crippen LogP contribution in [0.15, 0.2) is 0 Å². The number of hydrogen-bond acceptors (Lipinski definition) is 6. The standard InChI is InChI=1S/C13H25O7P/c1-6-18-21(17,19-7-2)9-10(12(15)16)8-11(14)20-13(3,4)5/h10H,6-9H2,1-5H3,(H,15,16). The van der Waals surface area contributed by atoms with E-state index >= 15 is 0 Å². The highest BCUT2D eigenvalue weighted by Crippen LogP contribution is 2.50. The predicted octanol–water partition coefficient (Wildman–Crippen LogP) is 2.69. The molecule has 0 fully saturated rings. The monoisotopic (exact) mass is 324 g/mol. The Morgan fingerprint density at radius 1 is 1.14 bits per heavy atom. The van der Waals surface area contributed by atoms with Crippen molar-refractivity contribution in [3.05, 3.63) is 0 Å². The van der Waals surface area contributed by atoms with Gasteiger partial charge >= 0.3 is 19.5 Å². The highest BCUT2D eigenvalue weighted by Gasteiger charge is 2.34. The SMILES string of the molecule is CCOP(=O)(CC(CC(=O)OC(C)(C)C)C(=O)O)OCC. The fourth-order valence-corrected chi connectivity index (χ4v) is 3.52.